The van der Waals surface area contributed by atoms with Gasteiger partial charge in [-0.2, -0.15) is 0 Å². The van der Waals surface area contributed by atoms with Crippen molar-refractivity contribution in [2.75, 3.05) is 19.8 Å². The molecule has 178 valence electrons. The molecule has 0 spiro atoms. The number of hydrogen-bond acceptors (Lipinski definition) is 5. The number of alkyl carbamates (subject to hydrolysis) is 1. The molecule has 3 aliphatic rings. The summed E-state index contributed by atoms with van der Waals surface area (Å²) in [6.45, 7) is 1.05. The molecular formula is C26H28N2O6. The summed E-state index contributed by atoms with van der Waals surface area (Å²) in [5, 5.41) is 11.9. The molecular weight excluding hydrogens is 436 g/mol. The fourth-order valence-electron chi connectivity index (χ4n) is 5.48. The third-order valence-corrected chi connectivity index (χ3v) is 7.05. The van der Waals surface area contributed by atoms with Crippen LogP contribution >= 0.6 is 0 Å². The number of ether oxygens (including phenoxy) is 2. The van der Waals surface area contributed by atoms with E-state index in [9.17, 15) is 14.4 Å². The molecule has 5 rings (SSSR count). The molecule has 2 saturated heterocycles. The molecule has 2 fully saturated rings. The molecule has 8 heteroatoms. The second-order valence-electron chi connectivity index (χ2n) is 9.08. The monoisotopic (exact) mass is 464 g/mol. The molecule has 3 unspecified atom stereocenters. The lowest BCUT2D eigenvalue weighted by Gasteiger charge is -2.28. The van der Waals surface area contributed by atoms with Crippen molar-refractivity contribution < 1.29 is 29.0 Å². The standard InChI is InChI=1S/C26H28N2O6/c29-23(30)14-16-6-5-12-28(16)25(31)24-22(11-13-33-24)27-26(32)34-15-21-19-9-3-1-7-17(19)18-8-2-4-10-20(18)21/h1-4,7-10,16,21-22,24H,5-6,11-15H2,(H,27,32)(H,29,30). The average Bonchev–Trinajstić information content (AvgIpc) is 3.55. The summed E-state index contributed by atoms with van der Waals surface area (Å²) in [5.41, 5.74) is 4.58. The minimum absolute atomic E-state index is 0.0446. The first kappa shape index (κ1) is 22.4. The molecule has 2 aromatic rings. The van der Waals surface area contributed by atoms with Crippen LogP contribution in [0.4, 0.5) is 4.79 Å². The summed E-state index contributed by atoms with van der Waals surface area (Å²) in [5.74, 6) is -1.23. The number of carboxylic acids is 1. The van der Waals surface area contributed by atoms with Crippen LogP contribution in [0.1, 0.15) is 42.7 Å². The Bertz CT molecular complexity index is 1060. The maximum atomic E-state index is 13.1. The first-order valence-electron chi connectivity index (χ1n) is 11.8. The van der Waals surface area contributed by atoms with Crippen molar-refractivity contribution in [3.05, 3.63) is 59.7 Å². The first-order valence-corrected chi connectivity index (χ1v) is 11.8. The van der Waals surface area contributed by atoms with Gasteiger partial charge >= 0.3 is 12.1 Å². The Hall–Kier alpha value is -3.39. The van der Waals surface area contributed by atoms with Crippen molar-refractivity contribution in [3.63, 3.8) is 0 Å². The lowest BCUT2D eigenvalue weighted by Crippen LogP contribution is -2.51. The smallest absolute Gasteiger partial charge is 0.407 e. The van der Waals surface area contributed by atoms with Crippen LogP contribution < -0.4 is 5.32 Å². The molecule has 0 bridgehead atoms. The third-order valence-electron chi connectivity index (χ3n) is 7.05. The number of nitrogens with one attached hydrogen (secondary N) is 1. The zero-order chi connectivity index (χ0) is 23.7. The number of carbonyl (C=O) groups excluding carboxylic acids is 2. The number of aliphatic carboxylic acids is 1. The van der Waals surface area contributed by atoms with Gasteiger partial charge in [-0.1, -0.05) is 48.5 Å². The molecule has 1 aliphatic carbocycles. The quantitative estimate of drug-likeness (QED) is 0.681. The van der Waals surface area contributed by atoms with Gasteiger partial charge in [-0.3, -0.25) is 9.59 Å². The SMILES string of the molecule is O=C(O)CC1CCCN1C(=O)C1OCCC1NC(=O)OCC1c2ccccc2-c2ccccc21. The van der Waals surface area contributed by atoms with E-state index in [-0.39, 0.29) is 30.9 Å². The van der Waals surface area contributed by atoms with Crippen molar-refractivity contribution in [1.29, 1.82) is 0 Å². The van der Waals surface area contributed by atoms with E-state index in [1.54, 1.807) is 4.90 Å². The van der Waals surface area contributed by atoms with Gasteiger partial charge in [0.25, 0.3) is 5.91 Å². The number of amides is 2. The number of rotatable bonds is 6. The highest BCUT2D eigenvalue weighted by Crippen LogP contribution is 2.44. The Morgan fingerprint density at radius 3 is 2.38 bits per heavy atom. The number of benzene rings is 2. The molecule has 0 aromatic heterocycles. The van der Waals surface area contributed by atoms with Crippen molar-refractivity contribution in [2.45, 2.75) is 49.8 Å². The van der Waals surface area contributed by atoms with Crippen LogP contribution in [0.25, 0.3) is 11.1 Å². The molecule has 3 atom stereocenters. The van der Waals surface area contributed by atoms with Gasteiger partial charge in [0, 0.05) is 25.1 Å². The van der Waals surface area contributed by atoms with Crippen LogP contribution in [0.5, 0.6) is 0 Å². The zero-order valence-electron chi connectivity index (χ0n) is 18.8. The minimum Gasteiger partial charge on any atom is -0.481 e. The summed E-state index contributed by atoms with van der Waals surface area (Å²) >= 11 is 0. The number of carboxylic acid groups (broad SMARTS) is 1. The highest BCUT2D eigenvalue weighted by Gasteiger charge is 2.42. The summed E-state index contributed by atoms with van der Waals surface area (Å²) in [4.78, 5) is 38.5. The van der Waals surface area contributed by atoms with E-state index in [0.717, 1.165) is 28.7 Å². The molecule has 2 aromatic carbocycles. The molecule has 34 heavy (non-hydrogen) atoms. The molecule has 2 heterocycles. The van der Waals surface area contributed by atoms with Gasteiger partial charge in [-0.05, 0) is 41.5 Å². The van der Waals surface area contributed by atoms with E-state index in [2.05, 4.69) is 29.6 Å². The summed E-state index contributed by atoms with van der Waals surface area (Å²) in [7, 11) is 0. The minimum atomic E-state index is -0.926. The third kappa shape index (κ3) is 4.25. The Kier molecular flexibility index (Phi) is 6.24. The predicted octanol–water partition coefficient (Wildman–Crippen LogP) is 3.15. The van der Waals surface area contributed by atoms with Gasteiger partial charge in [0.1, 0.15) is 6.61 Å². The second kappa shape index (κ2) is 9.46. The largest absolute Gasteiger partial charge is 0.481 e. The average molecular weight is 465 g/mol. The van der Waals surface area contributed by atoms with E-state index in [4.69, 9.17) is 14.6 Å². The van der Waals surface area contributed by atoms with Gasteiger partial charge in [0.15, 0.2) is 6.10 Å². The normalized spacial score (nSPS) is 23.4. The Morgan fingerprint density at radius 1 is 1.03 bits per heavy atom. The Labute approximate surface area is 197 Å². The van der Waals surface area contributed by atoms with E-state index in [1.165, 1.54) is 0 Å². The molecule has 8 nitrogen and oxygen atoms in total. The van der Waals surface area contributed by atoms with Crippen LogP contribution in [0, 0.1) is 0 Å². The van der Waals surface area contributed by atoms with Crippen molar-refractivity contribution >= 4 is 18.0 Å². The van der Waals surface area contributed by atoms with Crippen LogP contribution in [0.3, 0.4) is 0 Å². The summed E-state index contributed by atoms with van der Waals surface area (Å²) in [6.07, 6.45) is 0.436. The zero-order valence-corrected chi connectivity index (χ0v) is 18.8. The van der Waals surface area contributed by atoms with Gasteiger partial charge in [0.05, 0.1) is 12.5 Å². The topological polar surface area (TPSA) is 105 Å². The van der Waals surface area contributed by atoms with E-state index in [1.807, 2.05) is 24.3 Å². The van der Waals surface area contributed by atoms with Gasteiger partial charge in [-0.25, -0.2) is 4.79 Å². The lowest BCUT2D eigenvalue weighted by molar-refractivity contribution is -0.145. The van der Waals surface area contributed by atoms with Gasteiger partial charge < -0.3 is 24.8 Å². The fourth-order valence-corrected chi connectivity index (χ4v) is 5.48. The second-order valence-corrected chi connectivity index (χ2v) is 9.08. The predicted molar refractivity (Wildman–Crippen MR) is 123 cm³/mol. The molecule has 0 saturated carbocycles. The number of hydrogen-bond donors (Lipinski definition) is 2. The number of fused-ring (bicyclic) bond motifs is 3. The summed E-state index contributed by atoms with van der Waals surface area (Å²) < 4.78 is 11.3. The first-order chi connectivity index (χ1) is 16.5. The number of likely N-dealkylation sites (tertiary alicyclic amines) is 1. The highest BCUT2D eigenvalue weighted by molar-refractivity contribution is 5.84. The Morgan fingerprint density at radius 2 is 1.71 bits per heavy atom. The van der Waals surface area contributed by atoms with E-state index in [0.29, 0.717) is 26.0 Å². The van der Waals surface area contributed by atoms with Gasteiger partial charge in [-0.15, -0.1) is 0 Å². The maximum absolute atomic E-state index is 13.1. The van der Waals surface area contributed by atoms with Crippen LogP contribution in [-0.2, 0) is 19.1 Å². The van der Waals surface area contributed by atoms with Crippen LogP contribution in [0.15, 0.2) is 48.5 Å². The number of nitrogens with zero attached hydrogens (tertiary/aromatic N) is 1. The van der Waals surface area contributed by atoms with Crippen LogP contribution in [0.2, 0.25) is 0 Å². The van der Waals surface area contributed by atoms with E-state index < -0.39 is 24.2 Å². The molecule has 0 radical (unpaired) electrons. The highest BCUT2D eigenvalue weighted by atomic mass is 16.6. The number of carbonyl (C=O) groups is 3. The van der Waals surface area contributed by atoms with Crippen molar-refractivity contribution in [2.24, 2.45) is 0 Å². The van der Waals surface area contributed by atoms with Crippen molar-refractivity contribution in [3.8, 4) is 11.1 Å². The molecule has 2 amide bonds. The fraction of sp³-hybridized carbons (Fsp3) is 0.423. The summed E-state index contributed by atoms with van der Waals surface area (Å²) in [6, 6.07) is 15.4. The van der Waals surface area contributed by atoms with E-state index >= 15 is 0 Å². The maximum Gasteiger partial charge on any atom is 0.407 e. The van der Waals surface area contributed by atoms with Gasteiger partial charge in [0.2, 0.25) is 0 Å². The van der Waals surface area contributed by atoms with Crippen LogP contribution in [-0.4, -0.2) is 65.9 Å². The molecule has 2 N–H and O–H groups in total. The Balaban J connectivity index is 1.21. The van der Waals surface area contributed by atoms with Crippen molar-refractivity contribution in [1.82, 2.24) is 10.2 Å². The lowest BCUT2D eigenvalue weighted by atomic mass is 9.98. The molecule has 2 aliphatic heterocycles.